The molecule has 0 spiro atoms. The monoisotopic (exact) mass is 489 g/mol. The van der Waals surface area contributed by atoms with Gasteiger partial charge in [0.25, 0.3) is 0 Å². The topological polar surface area (TPSA) is 127 Å². The van der Waals surface area contributed by atoms with Crippen molar-refractivity contribution in [2.75, 3.05) is 27.2 Å². The number of carbonyl (C=O) groups is 4. The third kappa shape index (κ3) is 4.52. The Labute approximate surface area is 194 Å². The van der Waals surface area contributed by atoms with Crippen molar-refractivity contribution in [1.29, 1.82) is 0 Å². The molecule has 12 heteroatoms. The molecule has 0 bridgehead atoms. The summed E-state index contributed by atoms with van der Waals surface area (Å²) in [4.78, 5) is 52.2. The van der Waals surface area contributed by atoms with Gasteiger partial charge in [-0.05, 0) is 12.3 Å². The lowest BCUT2D eigenvalue weighted by atomic mass is 9.73. The number of carboxylic acids is 1. The molecule has 3 aliphatic rings. The van der Waals surface area contributed by atoms with Gasteiger partial charge in [-0.1, -0.05) is 13.8 Å². The number of alkyl halides is 2. The fourth-order valence-electron chi connectivity index (χ4n) is 4.90. The zero-order chi connectivity index (χ0) is 24.8. The van der Waals surface area contributed by atoms with Crippen molar-refractivity contribution in [3.05, 3.63) is 10.6 Å². The number of carbonyl (C=O) groups excluding carboxylic acids is 3. The van der Waals surface area contributed by atoms with Gasteiger partial charge in [-0.2, -0.15) is 8.78 Å². The molecule has 0 aliphatic carbocycles. The number of carboxylic acid groups (broad SMARTS) is 1. The van der Waals surface area contributed by atoms with E-state index in [1.807, 2.05) is 0 Å². The molecular weight excluding hydrogens is 460 g/mol. The number of aliphatic hydroxyl groups is 1. The Morgan fingerprint density at radius 3 is 2.52 bits per heavy atom. The summed E-state index contributed by atoms with van der Waals surface area (Å²) in [7, 11) is 3.32. The van der Waals surface area contributed by atoms with E-state index in [1.54, 1.807) is 21.0 Å². The lowest BCUT2D eigenvalue weighted by molar-refractivity contribution is -0.162. The highest BCUT2D eigenvalue weighted by Crippen LogP contribution is 2.53. The maximum absolute atomic E-state index is 13.5. The van der Waals surface area contributed by atoms with Crippen LogP contribution in [0.3, 0.4) is 0 Å². The Morgan fingerprint density at radius 2 is 1.97 bits per heavy atom. The Kier molecular flexibility index (Phi) is 7.21. The molecule has 3 heterocycles. The lowest BCUT2D eigenvalue weighted by Crippen LogP contribution is -2.62. The van der Waals surface area contributed by atoms with E-state index in [0.717, 1.165) is 0 Å². The number of rotatable bonds is 9. The van der Waals surface area contributed by atoms with E-state index in [1.165, 1.54) is 28.5 Å². The number of nitrogens with one attached hydrogen (secondary N) is 1. The van der Waals surface area contributed by atoms with Crippen LogP contribution in [0.5, 0.6) is 0 Å². The quantitative estimate of drug-likeness (QED) is 0.401. The summed E-state index contributed by atoms with van der Waals surface area (Å²) in [5.41, 5.74) is -0.111. The highest BCUT2D eigenvalue weighted by Gasteiger charge is 2.60. The first-order valence-corrected chi connectivity index (χ1v) is 11.6. The average Bonchev–Trinajstić information content (AvgIpc) is 3.29. The molecule has 0 unspecified atom stereocenters. The SMILES string of the molecule is C[C@@H](CC(=O)C(F)(F)CO)[C@H]1C(=O)N2C(C(=O)O)=C(S[C@@H]3CN[C@H](C(=O)N(C)C)C3)[C@H](C)[C@H]12. The van der Waals surface area contributed by atoms with Crippen LogP contribution < -0.4 is 5.32 Å². The Hall–Kier alpha value is -2.05. The van der Waals surface area contributed by atoms with E-state index in [0.29, 0.717) is 17.9 Å². The summed E-state index contributed by atoms with van der Waals surface area (Å²) < 4.78 is 27.0. The van der Waals surface area contributed by atoms with Crippen LogP contribution in [0.4, 0.5) is 8.78 Å². The van der Waals surface area contributed by atoms with Crippen LogP contribution in [0.25, 0.3) is 0 Å². The second-order valence-electron chi connectivity index (χ2n) is 9.17. The van der Waals surface area contributed by atoms with Gasteiger partial charge in [0.1, 0.15) is 12.3 Å². The van der Waals surface area contributed by atoms with Gasteiger partial charge >= 0.3 is 11.9 Å². The maximum Gasteiger partial charge on any atom is 0.353 e. The minimum atomic E-state index is -3.87. The zero-order valence-corrected chi connectivity index (χ0v) is 19.7. The highest BCUT2D eigenvalue weighted by atomic mass is 32.2. The molecule has 0 aromatic carbocycles. The van der Waals surface area contributed by atoms with Gasteiger partial charge in [-0.25, -0.2) is 4.79 Å². The first-order chi connectivity index (χ1) is 15.3. The van der Waals surface area contributed by atoms with E-state index in [9.17, 15) is 33.1 Å². The number of aliphatic hydroxyl groups excluding tert-OH is 1. The van der Waals surface area contributed by atoms with Gasteiger partial charge in [0.2, 0.25) is 17.6 Å². The van der Waals surface area contributed by atoms with Gasteiger partial charge in [-0.3, -0.25) is 14.4 Å². The number of hydrogen-bond donors (Lipinski definition) is 3. The zero-order valence-electron chi connectivity index (χ0n) is 18.9. The van der Waals surface area contributed by atoms with E-state index in [4.69, 9.17) is 5.11 Å². The van der Waals surface area contributed by atoms with Crippen molar-refractivity contribution in [2.24, 2.45) is 17.8 Å². The van der Waals surface area contributed by atoms with Crippen LogP contribution in [0.2, 0.25) is 0 Å². The summed E-state index contributed by atoms with van der Waals surface area (Å²) in [6.45, 7) is 2.21. The first kappa shape index (κ1) is 25.6. The number of ketones is 1. The third-order valence-electron chi connectivity index (χ3n) is 6.64. The van der Waals surface area contributed by atoms with Crippen molar-refractivity contribution in [3.63, 3.8) is 0 Å². The van der Waals surface area contributed by atoms with Crippen LogP contribution in [0.15, 0.2) is 10.6 Å². The molecule has 0 aromatic heterocycles. The number of Topliss-reactive ketones (excluding diaryl/α,β-unsaturated/α-hetero) is 1. The number of thioether (sulfide) groups is 1. The van der Waals surface area contributed by atoms with Crippen LogP contribution in [0, 0.1) is 17.8 Å². The number of nitrogens with zero attached hydrogens (tertiary/aromatic N) is 2. The maximum atomic E-state index is 13.5. The molecule has 0 aromatic rings. The van der Waals surface area contributed by atoms with Crippen LogP contribution in [-0.4, -0.2) is 94.1 Å². The predicted octanol–water partition coefficient (Wildman–Crippen LogP) is 0.534. The number of aliphatic carboxylic acids is 1. The second kappa shape index (κ2) is 9.30. The molecule has 0 radical (unpaired) electrons. The van der Waals surface area contributed by atoms with E-state index >= 15 is 0 Å². The molecule has 3 rings (SSSR count). The molecule has 0 saturated carbocycles. The van der Waals surface area contributed by atoms with E-state index in [2.05, 4.69) is 5.32 Å². The highest BCUT2D eigenvalue weighted by molar-refractivity contribution is 8.03. The molecule has 3 N–H and O–H groups in total. The smallest absolute Gasteiger partial charge is 0.353 e. The molecule has 2 amide bonds. The van der Waals surface area contributed by atoms with Gasteiger partial charge in [0.05, 0.1) is 18.0 Å². The van der Waals surface area contributed by atoms with Crippen molar-refractivity contribution in [1.82, 2.24) is 15.1 Å². The second-order valence-corrected chi connectivity index (χ2v) is 10.5. The molecule has 2 fully saturated rings. The normalized spacial score (nSPS) is 30.2. The predicted molar refractivity (Wildman–Crippen MR) is 115 cm³/mol. The number of likely N-dealkylation sites (N-methyl/N-ethyl adjacent to an activating group) is 1. The average molecular weight is 490 g/mol. The number of halogens is 2. The largest absolute Gasteiger partial charge is 0.477 e. The van der Waals surface area contributed by atoms with Crippen molar-refractivity contribution < 1.29 is 38.2 Å². The van der Waals surface area contributed by atoms with Gasteiger partial charge in [0, 0.05) is 43.1 Å². The summed E-state index contributed by atoms with van der Waals surface area (Å²) in [6, 6.07) is -0.904. The summed E-state index contributed by atoms with van der Waals surface area (Å²) >= 11 is 1.33. The molecule has 9 nitrogen and oxygen atoms in total. The standard InChI is InChI=1S/C21H29F2N3O6S/c1-9(5-13(28)21(22,23)8-27)14-15-10(2)17(16(20(31)32)26(15)19(14)30)33-11-6-12(24-7-11)18(29)25(3)4/h9-12,14-15,24,27H,5-8H2,1-4H3,(H,31,32)/t9-,10+,11-,12-,14+,15+/m0/s1. The molecule has 3 aliphatic heterocycles. The minimum absolute atomic E-state index is 0.0674. The minimum Gasteiger partial charge on any atom is -0.477 e. The van der Waals surface area contributed by atoms with Crippen molar-refractivity contribution in [3.8, 4) is 0 Å². The lowest BCUT2D eigenvalue weighted by Gasteiger charge is -2.47. The fourth-order valence-corrected chi connectivity index (χ4v) is 6.37. The van der Waals surface area contributed by atoms with Crippen LogP contribution >= 0.6 is 11.8 Å². The Morgan fingerprint density at radius 1 is 1.33 bits per heavy atom. The molecular formula is C21H29F2N3O6S. The first-order valence-electron chi connectivity index (χ1n) is 10.8. The number of fused-ring (bicyclic) bond motifs is 1. The molecule has 2 saturated heterocycles. The number of β-lactam (4-membered cyclic amide) rings is 1. The third-order valence-corrected chi connectivity index (χ3v) is 8.15. The van der Waals surface area contributed by atoms with Crippen molar-refractivity contribution >= 4 is 35.3 Å². The molecule has 33 heavy (non-hydrogen) atoms. The van der Waals surface area contributed by atoms with Crippen molar-refractivity contribution in [2.45, 2.75) is 49.9 Å². The van der Waals surface area contributed by atoms with Gasteiger partial charge in [0.15, 0.2) is 0 Å². The molecule has 6 atom stereocenters. The number of hydrogen-bond acceptors (Lipinski definition) is 7. The van der Waals surface area contributed by atoms with E-state index < -0.39 is 54.5 Å². The number of amides is 2. The molecule has 184 valence electrons. The van der Waals surface area contributed by atoms with Gasteiger partial charge < -0.3 is 25.3 Å². The summed E-state index contributed by atoms with van der Waals surface area (Å²) in [6.07, 6.45) is -0.0826. The Balaban J connectivity index is 1.75. The van der Waals surface area contributed by atoms with Gasteiger partial charge in [-0.15, -0.1) is 11.8 Å². The summed E-state index contributed by atoms with van der Waals surface area (Å²) in [5.74, 6) is -8.99. The summed E-state index contributed by atoms with van der Waals surface area (Å²) in [5, 5.41) is 21.6. The fraction of sp³-hybridized carbons (Fsp3) is 0.714. The Bertz CT molecular complexity index is 895. The van der Waals surface area contributed by atoms with Crippen LogP contribution in [0.1, 0.15) is 26.7 Å². The van der Waals surface area contributed by atoms with Crippen LogP contribution in [-0.2, 0) is 19.2 Å². The van der Waals surface area contributed by atoms with E-state index in [-0.39, 0.29) is 28.8 Å².